The Morgan fingerprint density at radius 1 is 1.00 bits per heavy atom. The van der Waals surface area contributed by atoms with Crippen molar-refractivity contribution in [2.24, 2.45) is 11.8 Å². The van der Waals surface area contributed by atoms with E-state index in [0.29, 0.717) is 0 Å². The van der Waals surface area contributed by atoms with Gasteiger partial charge in [0.15, 0.2) is 0 Å². The Kier molecular flexibility index (Phi) is 9.11. The van der Waals surface area contributed by atoms with Gasteiger partial charge in [-0.1, -0.05) is 23.7 Å². The van der Waals surface area contributed by atoms with Crippen LogP contribution in [0.25, 0.3) is 0 Å². The van der Waals surface area contributed by atoms with E-state index in [1.165, 1.54) is 57.4 Å². The fourth-order valence-corrected chi connectivity index (χ4v) is 4.00. The Hall–Kier alpha value is 0.01000. The Balaban J connectivity index is 0.00000121. The number of piperidine rings is 2. The van der Waals surface area contributed by atoms with Crippen molar-refractivity contribution in [1.29, 1.82) is 0 Å². The van der Waals surface area contributed by atoms with Crippen molar-refractivity contribution in [3.8, 4) is 0 Å². The van der Waals surface area contributed by atoms with Crippen LogP contribution in [0.5, 0.6) is 0 Å². The third kappa shape index (κ3) is 5.58. The molecule has 0 atom stereocenters. The number of halogens is 3. The molecule has 22 heavy (non-hydrogen) atoms. The summed E-state index contributed by atoms with van der Waals surface area (Å²) in [7, 11) is 0. The van der Waals surface area contributed by atoms with Gasteiger partial charge in [0.25, 0.3) is 0 Å². The zero-order valence-corrected chi connectivity index (χ0v) is 15.4. The Labute approximate surface area is 151 Å². The lowest BCUT2D eigenvalue weighted by molar-refractivity contribution is 0.126. The smallest absolute Gasteiger partial charge is 0.0409 e. The van der Waals surface area contributed by atoms with E-state index < -0.39 is 0 Å². The van der Waals surface area contributed by atoms with Crippen LogP contribution in [0.4, 0.5) is 0 Å². The van der Waals surface area contributed by atoms with Gasteiger partial charge in [0, 0.05) is 11.6 Å². The van der Waals surface area contributed by atoms with Gasteiger partial charge in [-0.05, 0) is 81.4 Å². The number of benzene rings is 1. The second kappa shape index (κ2) is 10.00. The summed E-state index contributed by atoms with van der Waals surface area (Å²) < 4.78 is 0. The fraction of sp³-hybridized carbons (Fsp3) is 0.647. The number of rotatable bonds is 3. The summed E-state index contributed by atoms with van der Waals surface area (Å²) in [6.45, 7) is 6.02. The van der Waals surface area contributed by atoms with Crippen LogP contribution in [-0.4, -0.2) is 31.1 Å². The van der Waals surface area contributed by atoms with Crippen molar-refractivity contribution in [3.05, 3.63) is 34.9 Å². The maximum absolute atomic E-state index is 6.06. The summed E-state index contributed by atoms with van der Waals surface area (Å²) in [6, 6.07) is 8.29. The van der Waals surface area contributed by atoms with E-state index in [-0.39, 0.29) is 24.8 Å². The molecule has 2 heterocycles. The molecule has 0 radical (unpaired) electrons. The standard InChI is InChI=1S/C17H25ClN2.2ClH/c18-17-3-1-2-14(12-17)13-20-10-6-16(7-11-20)15-4-8-19-9-5-15;;/h1-3,12,15-16,19H,4-11,13H2;2*1H. The molecule has 2 saturated heterocycles. The lowest BCUT2D eigenvalue weighted by Crippen LogP contribution is -2.39. The monoisotopic (exact) mass is 364 g/mol. The van der Waals surface area contributed by atoms with Crippen LogP contribution in [0.3, 0.4) is 0 Å². The van der Waals surface area contributed by atoms with Crippen molar-refractivity contribution < 1.29 is 0 Å². The van der Waals surface area contributed by atoms with Crippen molar-refractivity contribution in [2.75, 3.05) is 26.2 Å². The minimum Gasteiger partial charge on any atom is -0.317 e. The molecule has 1 aromatic carbocycles. The first kappa shape index (κ1) is 20.1. The highest BCUT2D eigenvalue weighted by Gasteiger charge is 2.27. The molecule has 0 bridgehead atoms. The lowest BCUT2D eigenvalue weighted by Gasteiger charge is -2.37. The molecule has 1 aromatic rings. The highest BCUT2D eigenvalue weighted by atomic mass is 35.5. The summed E-state index contributed by atoms with van der Waals surface area (Å²) in [6.07, 6.45) is 5.54. The Bertz CT molecular complexity index is 428. The van der Waals surface area contributed by atoms with E-state index in [4.69, 9.17) is 11.6 Å². The molecule has 5 heteroatoms. The van der Waals surface area contributed by atoms with Gasteiger partial charge >= 0.3 is 0 Å². The van der Waals surface area contributed by atoms with Gasteiger partial charge in [0.1, 0.15) is 0 Å². The largest absolute Gasteiger partial charge is 0.317 e. The third-order valence-corrected chi connectivity index (χ3v) is 5.21. The Morgan fingerprint density at radius 2 is 1.64 bits per heavy atom. The first-order valence-electron chi connectivity index (χ1n) is 7.99. The molecule has 0 aliphatic carbocycles. The molecule has 2 fully saturated rings. The topological polar surface area (TPSA) is 15.3 Å². The van der Waals surface area contributed by atoms with Gasteiger partial charge in [-0.2, -0.15) is 0 Å². The second-order valence-electron chi connectivity index (χ2n) is 6.33. The van der Waals surface area contributed by atoms with Crippen LogP contribution in [0.1, 0.15) is 31.2 Å². The molecule has 0 unspecified atom stereocenters. The second-order valence-corrected chi connectivity index (χ2v) is 6.77. The van der Waals surface area contributed by atoms with Crippen LogP contribution in [-0.2, 0) is 6.54 Å². The van der Waals surface area contributed by atoms with E-state index in [9.17, 15) is 0 Å². The zero-order chi connectivity index (χ0) is 13.8. The molecule has 1 N–H and O–H groups in total. The number of likely N-dealkylation sites (tertiary alicyclic amines) is 1. The summed E-state index contributed by atoms with van der Waals surface area (Å²) in [5, 5.41) is 4.33. The summed E-state index contributed by atoms with van der Waals surface area (Å²) in [4.78, 5) is 2.59. The van der Waals surface area contributed by atoms with Gasteiger partial charge in [-0.3, -0.25) is 4.90 Å². The normalized spacial score (nSPS) is 21.0. The average molecular weight is 366 g/mol. The first-order valence-corrected chi connectivity index (χ1v) is 8.36. The van der Waals surface area contributed by atoms with E-state index in [2.05, 4.69) is 28.4 Å². The van der Waals surface area contributed by atoms with Crippen LogP contribution in [0, 0.1) is 11.8 Å². The Morgan fingerprint density at radius 3 is 2.27 bits per heavy atom. The highest BCUT2D eigenvalue weighted by molar-refractivity contribution is 6.30. The first-order chi connectivity index (χ1) is 9.81. The maximum atomic E-state index is 6.06. The summed E-state index contributed by atoms with van der Waals surface area (Å²) in [5.41, 5.74) is 1.35. The predicted octanol–water partition coefficient (Wildman–Crippen LogP) is 4.40. The number of hydrogen-bond acceptors (Lipinski definition) is 2. The quantitative estimate of drug-likeness (QED) is 0.854. The third-order valence-electron chi connectivity index (χ3n) is 4.98. The molecule has 2 aliphatic heterocycles. The molecular formula is C17H27Cl3N2. The van der Waals surface area contributed by atoms with Gasteiger partial charge in [-0.15, -0.1) is 24.8 Å². The van der Waals surface area contributed by atoms with E-state index in [0.717, 1.165) is 23.4 Å². The van der Waals surface area contributed by atoms with Crippen LogP contribution >= 0.6 is 36.4 Å². The van der Waals surface area contributed by atoms with Crippen molar-refractivity contribution in [2.45, 2.75) is 32.2 Å². The summed E-state index contributed by atoms with van der Waals surface area (Å²) >= 11 is 6.06. The van der Waals surface area contributed by atoms with Gasteiger partial charge in [0.2, 0.25) is 0 Å². The highest BCUT2D eigenvalue weighted by Crippen LogP contribution is 2.31. The van der Waals surface area contributed by atoms with Gasteiger partial charge < -0.3 is 5.32 Å². The molecule has 0 saturated carbocycles. The minimum atomic E-state index is 0. The lowest BCUT2D eigenvalue weighted by atomic mass is 9.79. The molecule has 2 aliphatic rings. The molecule has 3 rings (SSSR count). The van der Waals surface area contributed by atoms with E-state index >= 15 is 0 Å². The summed E-state index contributed by atoms with van der Waals surface area (Å²) in [5.74, 6) is 1.94. The van der Waals surface area contributed by atoms with Gasteiger partial charge in [-0.25, -0.2) is 0 Å². The number of hydrogen-bond donors (Lipinski definition) is 1. The van der Waals surface area contributed by atoms with Crippen LogP contribution < -0.4 is 5.32 Å². The SMILES string of the molecule is Cl.Cl.Clc1cccc(CN2CCC(C3CCNCC3)CC2)c1. The van der Waals surface area contributed by atoms with E-state index in [1.54, 1.807) is 0 Å². The molecule has 0 spiro atoms. The average Bonchev–Trinajstić information content (AvgIpc) is 2.49. The maximum Gasteiger partial charge on any atom is 0.0409 e. The fourth-order valence-electron chi connectivity index (χ4n) is 3.79. The van der Waals surface area contributed by atoms with E-state index in [1.807, 2.05) is 6.07 Å². The molecule has 0 aromatic heterocycles. The number of nitrogens with zero attached hydrogens (tertiary/aromatic N) is 1. The molecule has 2 nitrogen and oxygen atoms in total. The van der Waals surface area contributed by atoms with Crippen molar-refractivity contribution >= 4 is 36.4 Å². The van der Waals surface area contributed by atoms with Gasteiger partial charge in [0.05, 0.1) is 0 Å². The number of nitrogens with one attached hydrogen (secondary N) is 1. The molecule has 126 valence electrons. The predicted molar refractivity (Wildman–Crippen MR) is 99.5 cm³/mol. The van der Waals surface area contributed by atoms with Crippen molar-refractivity contribution in [1.82, 2.24) is 10.2 Å². The zero-order valence-electron chi connectivity index (χ0n) is 13.0. The molecule has 0 amide bonds. The van der Waals surface area contributed by atoms with Crippen molar-refractivity contribution in [3.63, 3.8) is 0 Å². The van der Waals surface area contributed by atoms with Crippen LogP contribution in [0.2, 0.25) is 5.02 Å². The molecular weight excluding hydrogens is 339 g/mol. The van der Waals surface area contributed by atoms with Crippen LogP contribution in [0.15, 0.2) is 24.3 Å². The minimum absolute atomic E-state index is 0.